The van der Waals surface area contributed by atoms with Crippen LogP contribution >= 0.6 is 0 Å². The van der Waals surface area contributed by atoms with Gasteiger partial charge in [-0.1, -0.05) is 6.92 Å². The van der Waals surface area contributed by atoms with Crippen LogP contribution in [0.2, 0.25) is 0 Å². The number of urea groups is 1. The first-order valence-electron chi connectivity index (χ1n) is 7.94. The van der Waals surface area contributed by atoms with E-state index in [2.05, 4.69) is 17.1 Å². The summed E-state index contributed by atoms with van der Waals surface area (Å²) >= 11 is 0. The van der Waals surface area contributed by atoms with Crippen molar-refractivity contribution < 1.29 is 14.3 Å². The van der Waals surface area contributed by atoms with Gasteiger partial charge in [-0.25, -0.2) is 4.79 Å². The molecule has 1 aromatic rings. The molecule has 1 saturated heterocycles. The average Bonchev–Trinajstić information content (AvgIpc) is 2.56. The normalized spacial score (nSPS) is 18.1. The molecule has 1 N–H and O–H groups in total. The molecular weight excluding hydrogens is 282 g/mol. The molecule has 0 aromatic heterocycles. The Bertz CT molecular complexity index is 527. The molecule has 3 rings (SSSR count). The monoisotopic (exact) mass is 305 g/mol. The molecule has 120 valence electrons. The van der Waals surface area contributed by atoms with E-state index in [0.29, 0.717) is 19.0 Å². The van der Waals surface area contributed by atoms with Crippen LogP contribution in [0.3, 0.4) is 0 Å². The number of nitrogens with one attached hydrogen (secondary N) is 1. The maximum absolute atomic E-state index is 12.3. The molecule has 2 heterocycles. The summed E-state index contributed by atoms with van der Waals surface area (Å²) in [5, 5.41) is 2.94. The summed E-state index contributed by atoms with van der Waals surface area (Å²) < 4.78 is 11.0. The molecule has 6 nitrogen and oxygen atoms in total. The van der Waals surface area contributed by atoms with Crippen LogP contribution in [0.5, 0.6) is 11.5 Å². The molecule has 0 bridgehead atoms. The molecule has 0 aliphatic carbocycles. The Balaban J connectivity index is 1.56. The zero-order chi connectivity index (χ0) is 15.4. The molecule has 6 heteroatoms. The van der Waals surface area contributed by atoms with E-state index in [1.807, 2.05) is 23.1 Å². The molecule has 22 heavy (non-hydrogen) atoms. The summed E-state index contributed by atoms with van der Waals surface area (Å²) in [6.07, 6.45) is 1.16. The first kappa shape index (κ1) is 15.0. The number of carbonyl (C=O) groups excluding carboxylic acids is 1. The average molecular weight is 305 g/mol. The zero-order valence-electron chi connectivity index (χ0n) is 13.0. The molecule has 0 saturated carbocycles. The van der Waals surface area contributed by atoms with Gasteiger partial charge in [0.25, 0.3) is 0 Å². The van der Waals surface area contributed by atoms with Crippen molar-refractivity contribution in [1.82, 2.24) is 9.80 Å². The van der Waals surface area contributed by atoms with Gasteiger partial charge in [-0.3, -0.25) is 4.90 Å². The SMILES string of the molecule is CCCN1CCN(C(=O)Nc2ccc3c(c2)OCCO3)CC1. The molecule has 0 spiro atoms. The lowest BCUT2D eigenvalue weighted by atomic mass is 10.2. The molecule has 2 aliphatic heterocycles. The highest BCUT2D eigenvalue weighted by Gasteiger charge is 2.21. The van der Waals surface area contributed by atoms with E-state index in [1.165, 1.54) is 0 Å². The van der Waals surface area contributed by atoms with Crippen molar-refractivity contribution in [2.24, 2.45) is 0 Å². The van der Waals surface area contributed by atoms with Crippen molar-refractivity contribution >= 4 is 11.7 Å². The van der Waals surface area contributed by atoms with Gasteiger partial charge in [0, 0.05) is 37.9 Å². The third-order valence-electron chi connectivity index (χ3n) is 3.99. The third-order valence-corrected chi connectivity index (χ3v) is 3.99. The van der Waals surface area contributed by atoms with Crippen LogP contribution in [0, 0.1) is 0 Å². The Hall–Kier alpha value is -1.95. The summed E-state index contributed by atoms with van der Waals surface area (Å²) in [5.74, 6) is 1.43. The number of rotatable bonds is 3. The molecule has 2 amide bonds. The highest BCUT2D eigenvalue weighted by atomic mass is 16.6. The number of piperazine rings is 1. The Morgan fingerprint density at radius 1 is 1.14 bits per heavy atom. The van der Waals surface area contributed by atoms with Gasteiger partial charge in [0.2, 0.25) is 0 Å². The highest BCUT2D eigenvalue weighted by Crippen LogP contribution is 2.32. The fraction of sp³-hybridized carbons (Fsp3) is 0.562. The number of amides is 2. The minimum absolute atomic E-state index is 0.0483. The molecule has 0 unspecified atom stereocenters. The van der Waals surface area contributed by atoms with Crippen molar-refractivity contribution in [2.75, 3.05) is 51.3 Å². The summed E-state index contributed by atoms with van der Waals surface area (Å²) in [4.78, 5) is 16.6. The summed E-state index contributed by atoms with van der Waals surface area (Å²) in [6.45, 7) is 7.85. The zero-order valence-corrected chi connectivity index (χ0v) is 13.0. The van der Waals surface area contributed by atoms with Crippen LogP contribution < -0.4 is 14.8 Å². The largest absolute Gasteiger partial charge is 0.486 e. The summed E-state index contributed by atoms with van der Waals surface area (Å²) in [6, 6.07) is 5.45. The Morgan fingerprint density at radius 2 is 1.86 bits per heavy atom. The van der Waals surface area contributed by atoms with Crippen LogP contribution in [-0.2, 0) is 0 Å². The Morgan fingerprint density at radius 3 is 2.59 bits per heavy atom. The Labute approximate surface area is 131 Å². The summed E-state index contributed by atoms with van der Waals surface area (Å²) in [5.41, 5.74) is 0.741. The predicted octanol–water partition coefficient (Wildman–Crippen LogP) is 2.02. The van der Waals surface area contributed by atoms with Gasteiger partial charge in [-0.15, -0.1) is 0 Å². The van der Waals surface area contributed by atoms with Crippen LogP contribution in [0.1, 0.15) is 13.3 Å². The molecule has 1 aromatic carbocycles. The van der Waals surface area contributed by atoms with Crippen LogP contribution in [0.4, 0.5) is 10.5 Å². The number of benzene rings is 1. The fourth-order valence-corrected chi connectivity index (χ4v) is 2.81. The maximum atomic E-state index is 12.3. The van der Waals surface area contributed by atoms with Crippen molar-refractivity contribution in [3.63, 3.8) is 0 Å². The van der Waals surface area contributed by atoms with Gasteiger partial charge < -0.3 is 19.7 Å². The van der Waals surface area contributed by atoms with Crippen molar-refractivity contribution in [3.05, 3.63) is 18.2 Å². The van der Waals surface area contributed by atoms with E-state index >= 15 is 0 Å². The standard InChI is InChI=1S/C16H23N3O3/c1-2-5-18-6-8-19(9-7-18)16(20)17-13-3-4-14-15(12-13)22-11-10-21-14/h3-4,12H,2,5-11H2,1H3,(H,17,20). The number of carbonyl (C=O) groups is 1. The molecule has 0 radical (unpaired) electrons. The number of fused-ring (bicyclic) bond motifs is 1. The maximum Gasteiger partial charge on any atom is 0.321 e. The van der Waals surface area contributed by atoms with Crippen molar-refractivity contribution in [1.29, 1.82) is 0 Å². The van der Waals surface area contributed by atoms with Gasteiger partial charge in [0.1, 0.15) is 13.2 Å². The molecule has 2 aliphatic rings. The second-order valence-corrected chi connectivity index (χ2v) is 5.62. The fourth-order valence-electron chi connectivity index (χ4n) is 2.81. The first-order valence-corrected chi connectivity index (χ1v) is 7.94. The number of anilines is 1. The third kappa shape index (κ3) is 3.44. The van der Waals surface area contributed by atoms with Crippen LogP contribution in [0.25, 0.3) is 0 Å². The minimum atomic E-state index is -0.0483. The van der Waals surface area contributed by atoms with Crippen LogP contribution in [0.15, 0.2) is 18.2 Å². The lowest BCUT2D eigenvalue weighted by Gasteiger charge is -2.34. The van der Waals surface area contributed by atoms with E-state index in [4.69, 9.17) is 9.47 Å². The second-order valence-electron chi connectivity index (χ2n) is 5.62. The molecule has 0 atom stereocenters. The summed E-state index contributed by atoms with van der Waals surface area (Å²) in [7, 11) is 0. The van der Waals surface area contributed by atoms with E-state index in [-0.39, 0.29) is 6.03 Å². The Kier molecular flexibility index (Phi) is 4.68. The van der Waals surface area contributed by atoms with E-state index in [0.717, 1.165) is 50.6 Å². The van der Waals surface area contributed by atoms with Gasteiger partial charge in [0.15, 0.2) is 11.5 Å². The lowest BCUT2D eigenvalue weighted by molar-refractivity contribution is 0.147. The van der Waals surface area contributed by atoms with Crippen LogP contribution in [-0.4, -0.2) is 61.8 Å². The van der Waals surface area contributed by atoms with Crippen molar-refractivity contribution in [3.8, 4) is 11.5 Å². The van der Waals surface area contributed by atoms with E-state index in [1.54, 1.807) is 0 Å². The van der Waals surface area contributed by atoms with E-state index in [9.17, 15) is 4.79 Å². The number of hydrogen-bond donors (Lipinski definition) is 1. The van der Waals surface area contributed by atoms with Gasteiger partial charge in [0.05, 0.1) is 0 Å². The quantitative estimate of drug-likeness (QED) is 0.928. The topological polar surface area (TPSA) is 54.0 Å². The predicted molar refractivity (Wildman–Crippen MR) is 84.8 cm³/mol. The smallest absolute Gasteiger partial charge is 0.321 e. The first-order chi connectivity index (χ1) is 10.8. The minimum Gasteiger partial charge on any atom is -0.486 e. The van der Waals surface area contributed by atoms with Crippen molar-refractivity contribution in [2.45, 2.75) is 13.3 Å². The molecule has 1 fully saturated rings. The van der Waals surface area contributed by atoms with Gasteiger partial charge in [-0.05, 0) is 25.1 Å². The number of nitrogens with zero attached hydrogens (tertiary/aromatic N) is 2. The number of ether oxygens (including phenoxy) is 2. The van der Waals surface area contributed by atoms with Gasteiger partial charge >= 0.3 is 6.03 Å². The number of hydrogen-bond acceptors (Lipinski definition) is 4. The second kappa shape index (κ2) is 6.87. The van der Waals surface area contributed by atoms with E-state index < -0.39 is 0 Å². The van der Waals surface area contributed by atoms with Gasteiger partial charge in [-0.2, -0.15) is 0 Å². The highest BCUT2D eigenvalue weighted by molar-refractivity contribution is 5.89. The molecular formula is C16H23N3O3. The lowest BCUT2D eigenvalue weighted by Crippen LogP contribution is -2.50.